The Balaban J connectivity index is 1.99. The minimum Gasteiger partial charge on any atom is -0.485 e. The standard InChI is InChI=1S/C22H24FNO/c1-5-6-19-21-15(16-11-14(23)7-10-18(16)25-19)8-9-17-20(21)13(2)12-22(3,4)24-17/h7-12,19,24H,5-6H2,1-4H3. The smallest absolute Gasteiger partial charge is 0.128 e. The summed E-state index contributed by atoms with van der Waals surface area (Å²) in [4.78, 5) is 0. The van der Waals surface area contributed by atoms with Crippen molar-refractivity contribution in [2.45, 2.75) is 52.2 Å². The summed E-state index contributed by atoms with van der Waals surface area (Å²) in [6.07, 6.45) is 4.24. The van der Waals surface area contributed by atoms with Crippen molar-refractivity contribution >= 4 is 11.3 Å². The highest BCUT2D eigenvalue weighted by atomic mass is 19.1. The molecule has 1 N–H and O–H groups in total. The average Bonchev–Trinajstić information content (AvgIpc) is 2.53. The molecular weight excluding hydrogens is 313 g/mol. The van der Waals surface area contributed by atoms with Gasteiger partial charge < -0.3 is 10.1 Å². The van der Waals surface area contributed by atoms with Gasteiger partial charge in [-0.3, -0.25) is 0 Å². The molecule has 3 heteroatoms. The molecule has 2 nitrogen and oxygen atoms in total. The van der Waals surface area contributed by atoms with E-state index in [-0.39, 0.29) is 17.5 Å². The third kappa shape index (κ3) is 2.62. The molecule has 0 amide bonds. The summed E-state index contributed by atoms with van der Waals surface area (Å²) in [6, 6.07) is 9.04. The molecule has 2 aromatic rings. The lowest BCUT2D eigenvalue weighted by Gasteiger charge is -2.37. The second-order valence-corrected chi connectivity index (χ2v) is 7.66. The van der Waals surface area contributed by atoms with Crippen LogP contribution >= 0.6 is 0 Å². The van der Waals surface area contributed by atoms with Gasteiger partial charge in [0, 0.05) is 22.4 Å². The van der Waals surface area contributed by atoms with E-state index in [2.05, 4.69) is 51.2 Å². The maximum Gasteiger partial charge on any atom is 0.128 e. The molecule has 0 saturated heterocycles. The Morgan fingerprint density at radius 3 is 2.72 bits per heavy atom. The number of ether oxygens (including phenoxy) is 1. The van der Waals surface area contributed by atoms with Crippen LogP contribution in [0.2, 0.25) is 0 Å². The highest BCUT2D eigenvalue weighted by Crippen LogP contribution is 2.50. The van der Waals surface area contributed by atoms with Crippen LogP contribution in [-0.2, 0) is 0 Å². The van der Waals surface area contributed by atoms with Crippen LogP contribution in [0.3, 0.4) is 0 Å². The van der Waals surface area contributed by atoms with Crippen LogP contribution in [0.4, 0.5) is 10.1 Å². The zero-order chi connectivity index (χ0) is 17.8. The monoisotopic (exact) mass is 337 g/mol. The van der Waals surface area contributed by atoms with Crippen LogP contribution in [0.15, 0.2) is 36.4 Å². The predicted molar refractivity (Wildman–Crippen MR) is 101 cm³/mol. The van der Waals surface area contributed by atoms with Gasteiger partial charge in [-0.25, -0.2) is 4.39 Å². The number of fused-ring (bicyclic) bond motifs is 5. The van der Waals surface area contributed by atoms with Crippen molar-refractivity contribution in [2.24, 2.45) is 0 Å². The van der Waals surface area contributed by atoms with E-state index in [4.69, 9.17) is 4.74 Å². The summed E-state index contributed by atoms with van der Waals surface area (Å²) < 4.78 is 20.2. The summed E-state index contributed by atoms with van der Waals surface area (Å²) in [5.41, 5.74) is 6.65. The van der Waals surface area contributed by atoms with Gasteiger partial charge in [0.25, 0.3) is 0 Å². The molecule has 2 aromatic carbocycles. The quantitative estimate of drug-likeness (QED) is 0.691. The van der Waals surface area contributed by atoms with E-state index in [0.717, 1.165) is 35.4 Å². The minimum atomic E-state index is -0.230. The molecule has 0 fully saturated rings. The molecule has 2 heterocycles. The minimum absolute atomic E-state index is 0.000673. The van der Waals surface area contributed by atoms with Gasteiger partial charge in [0.2, 0.25) is 0 Å². The molecule has 130 valence electrons. The molecule has 0 aliphatic carbocycles. The molecule has 0 saturated carbocycles. The van der Waals surface area contributed by atoms with E-state index < -0.39 is 0 Å². The van der Waals surface area contributed by atoms with Gasteiger partial charge in [0.1, 0.15) is 17.7 Å². The molecule has 25 heavy (non-hydrogen) atoms. The van der Waals surface area contributed by atoms with E-state index in [0.29, 0.717) is 0 Å². The van der Waals surface area contributed by atoms with Gasteiger partial charge in [-0.15, -0.1) is 0 Å². The van der Waals surface area contributed by atoms with Crippen molar-refractivity contribution in [3.63, 3.8) is 0 Å². The Labute approximate surface area is 148 Å². The highest BCUT2D eigenvalue weighted by molar-refractivity contribution is 5.89. The normalized spacial score (nSPS) is 19.7. The predicted octanol–water partition coefficient (Wildman–Crippen LogP) is 6.33. The number of halogens is 1. The number of anilines is 1. The fourth-order valence-corrected chi connectivity index (χ4v) is 4.21. The second-order valence-electron chi connectivity index (χ2n) is 7.66. The SMILES string of the molecule is CCCC1Oc2ccc(F)cc2-c2ccc3c(c21)C(C)=CC(C)(C)N3. The lowest BCUT2D eigenvalue weighted by Crippen LogP contribution is -2.32. The topological polar surface area (TPSA) is 21.3 Å². The van der Waals surface area contributed by atoms with Crippen molar-refractivity contribution in [1.29, 1.82) is 0 Å². The van der Waals surface area contributed by atoms with Crippen molar-refractivity contribution < 1.29 is 9.13 Å². The number of hydrogen-bond acceptors (Lipinski definition) is 2. The van der Waals surface area contributed by atoms with Gasteiger partial charge in [-0.2, -0.15) is 0 Å². The first-order chi connectivity index (χ1) is 11.9. The number of hydrogen-bond donors (Lipinski definition) is 1. The molecule has 2 aliphatic rings. The van der Waals surface area contributed by atoms with Crippen LogP contribution in [0, 0.1) is 5.82 Å². The maximum atomic E-state index is 13.9. The van der Waals surface area contributed by atoms with Crippen molar-refractivity contribution in [3.05, 3.63) is 53.4 Å². The summed E-state index contributed by atoms with van der Waals surface area (Å²) in [6.45, 7) is 8.67. The second kappa shape index (κ2) is 5.62. The summed E-state index contributed by atoms with van der Waals surface area (Å²) in [7, 11) is 0. The van der Waals surface area contributed by atoms with Gasteiger partial charge in [0.05, 0.1) is 5.54 Å². The maximum absolute atomic E-state index is 13.9. The van der Waals surface area contributed by atoms with Gasteiger partial charge in [-0.1, -0.05) is 25.5 Å². The zero-order valence-corrected chi connectivity index (χ0v) is 15.2. The van der Waals surface area contributed by atoms with E-state index in [9.17, 15) is 4.39 Å². The van der Waals surface area contributed by atoms with Crippen LogP contribution in [0.5, 0.6) is 5.75 Å². The number of rotatable bonds is 2. The number of benzene rings is 2. The molecule has 1 atom stereocenters. The third-order valence-corrected chi connectivity index (χ3v) is 5.05. The first-order valence-corrected chi connectivity index (χ1v) is 9.01. The van der Waals surface area contributed by atoms with Gasteiger partial charge in [-0.05, 0) is 62.6 Å². The molecule has 1 unspecified atom stereocenters. The van der Waals surface area contributed by atoms with Crippen LogP contribution < -0.4 is 10.1 Å². The van der Waals surface area contributed by atoms with Crippen molar-refractivity contribution in [3.8, 4) is 16.9 Å². The van der Waals surface area contributed by atoms with E-state index >= 15 is 0 Å². The Morgan fingerprint density at radius 2 is 1.96 bits per heavy atom. The van der Waals surface area contributed by atoms with Crippen LogP contribution in [0.25, 0.3) is 16.7 Å². The fraction of sp³-hybridized carbons (Fsp3) is 0.364. The molecule has 0 bridgehead atoms. The Hall–Kier alpha value is -2.29. The lowest BCUT2D eigenvalue weighted by atomic mass is 9.81. The van der Waals surface area contributed by atoms with Crippen LogP contribution in [0.1, 0.15) is 57.8 Å². The van der Waals surface area contributed by atoms with E-state index in [1.165, 1.54) is 22.8 Å². The summed E-state index contributed by atoms with van der Waals surface area (Å²) in [5, 5.41) is 3.61. The van der Waals surface area contributed by atoms with E-state index in [1.807, 2.05) is 0 Å². The molecule has 0 spiro atoms. The first-order valence-electron chi connectivity index (χ1n) is 9.01. The van der Waals surface area contributed by atoms with Crippen molar-refractivity contribution in [2.75, 3.05) is 5.32 Å². The lowest BCUT2D eigenvalue weighted by molar-refractivity contribution is 0.190. The highest BCUT2D eigenvalue weighted by Gasteiger charge is 2.33. The summed E-state index contributed by atoms with van der Waals surface area (Å²) in [5.74, 6) is 0.546. The molecule has 4 rings (SSSR count). The molecule has 0 radical (unpaired) electrons. The molecule has 2 aliphatic heterocycles. The Morgan fingerprint density at radius 1 is 1.16 bits per heavy atom. The van der Waals surface area contributed by atoms with Crippen molar-refractivity contribution in [1.82, 2.24) is 0 Å². The number of nitrogens with one attached hydrogen (secondary N) is 1. The van der Waals surface area contributed by atoms with Crippen LogP contribution in [-0.4, -0.2) is 5.54 Å². The molecule has 0 aromatic heterocycles. The third-order valence-electron chi connectivity index (χ3n) is 5.05. The van der Waals surface area contributed by atoms with Gasteiger partial charge >= 0.3 is 0 Å². The first kappa shape index (κ1) is 16.2. The van der Waals surface area contributed by atoms with E-state index in [1.54, 1.807) is 12.1 Å². The zero-order valence-electron chi connectivity index (χ0n) is 15.2. The Kier molecular flexibility index (Phi) is 3.64. The Bertz CT molecular complexity index is 882. The van der Waals surface area contributed by atoms with Gasteiger partial charge in [0.15, 0.2) is 0 Å². The largest absolute Gasteiger partial charge is 0.485 e. The number of allylic oxidation sites excluding steroid dienone is 1. The molecular formula is C22H24FNO. The average molecular weight is 337 g/mol. The fourth-order valence-electron chi connectivity index (χ4n) is 4.21. The summed E-state index contributed by atoms with van der Waals surface area (Å²) >= 11 is 0.